The smallest absolute Gasteiger partial charge is 0.353 e. The normalized spacial score (nSPS) is 11.4. The van der Waals surface area contributed by atoms with Gasteiger partial charge in [-0.25, -0.2) is 0 Å². The van der Waals surface area contributed by atoms with Crippen molar-refractivity contribution in [2.75, 3.05) is 11.1 Å². The molecular formula is C19H18ClF3N2O2S. The van der Waals surface area contributed by atoms with Crippen LogP contribution in [0.1, 0.15) is 29.8 Å². The van der Waals surface area contributed by atoms with Crippen LogP contribution < -0.4 is 10.6 Å². The second-order valence-corrected chi connectivity index (χ2v) is 7.58. The van der Waals surface area contributed by atoms with Crippen molar-refractivity contribution in [2.45, 2.75) is 31.0 Å². The van der Waals surface area contributed by atoms with Crippen molar-refractivity contribution in [1.82, 2.24) is 5.32 Å². The van der Waals surface area contributed by atoms with Gasteiger partial charge in [0.15, 0.2) is 0 Å². The highest BCUT2D eigenvalue weighted by Gasteiger charge is 2.33. The predicted molar refractivity (Wildman–Crippen MR) is 105 cm³/mol. The average Bonchev–Trinajstić information content (AvgIpc) is 2.60. The van der Waals surface area contributed by atoms with E-state index in [-0.39, 0.29) is 29.0 Å². The fourth-order valence-corrected chi connectivity index (χ4v) is 3.39. The van der Waals surface area contributed by atoms with E-state index in [1.165, 1.54) is 17.8 Å². The number of thioether (sulfide) groups is 1. The third-order valence-corrected chi connectivity index (χ3v) is 4.87. The van der Waals surface area contributed by atoms with Crippen LogP contribution in [0.4, 0.5) is 18.9 Å². The molecule has 28 heavy (non-hydrogen) atoms. The van der Waals surface area contributed by atoms with Crippen molar-refractivity contribution in [2.24, 2.45) is 0 Å². The zero-order chi connectivity index (χ0) is 20.9. The molecule has 2 amide bonds. The number of nitrogens with one attached hydrogen (secondary N) is 2. The van der Waals surface area contributed by atoms with E-state index in [0.29, 0.717) is 4.90 Å². The van der Waals surface area contributed by atoms with Gasteiger partial charge in [-0.3, -0.25) is 9.59 Å². The highest BCUT2D eigenvalue weighted by atomic mass is 35.5. The van der Waals surface area contributed by atoms with Gasteiger partial charge in [0, 0.05) is 16.6 Å². The summed E-state index contributed by atoms with van der Waals surface area (Å²) in [6.07, 6.45) is -4.63. The van der Waals surface area contributed by atoms with Crippen LogP contribution in [0.15, 0.2) is 47.4 Å². The Hall–Kier alpha value is -2.19. The molecule has 0 saturated carbocycles. The first-order chi connectivity index (χ1) is 13.1. The van der Waals surface area contributed by atoms with Crippen LogP contribution in [0.5, 0.6) is 0 Å². The van der Waals surface area contributed by atoms with E-state index in [4.69, 9.17) is 11.6 Å². The monoisotopic (exact) mass is 430 g/mol. The Morgan fingerprint density at radius 3 is 2.46 bits per heavy atom. The number of halogens is 4. The lowest BCUT2D eigenvalue weighted by Gasteiger charge is -2.13. The van der Waals surface area contributed by atoms with Crippen LogP contribution >= 0.6 is 23.4 Å². The molecule has 0 fully saturated rings. The molecular weight excluding hydrogens is 413 g/mol. The maximum atomic E-state index is 13.0. The van der Waals surface area contributed by atoms with Crippen molar-refractivity contribution in [1.29, 1.82) is 0 Å². The third-order valence-electron chi connectivity index (χ3n) is 3.47. The molecule has 9 heteroatoms. The number of hydrogen-bond acceptors (Lipinski definition) is 3. The van der Waals surface area contributed by atoms with E-state index in [2.05, 4.69) is 10.6 Å². The third kappa shape index (κ3) is 6.17. The van der Waals surface area contributed by atoms with E-state index in [0.717, 1.165) is 12.1 Å². The molecule has 150 valence electrons. The molecule has 2 N–H and O–H groups in total. The Bertz CT molecular complexity index is 872. The Morgan fingerprint density at radius 2 is 1.82 bits per heavy atom. The van der Waals surface area contributed by atoms with Crippen molar-refractivity contribution >= 4 is 40.9 Å². The van der Waals surface area contributed by atoms with E-state index >= 15 is 0 Å². The van der Waals surface area contributed by atoms with Crippen molar-refractivity contribution < 1.29 is 22.8 Å². The van der Waals surface area contributed by atoms with Crippen molar-refractivity contribution in [3.8, 4) is 0 Å². The molecule has 0 aromatic heterocycles. The lowest BCUT2D eigenvalue weighted by Crippen LogP contribution is -2.31. The molecule has 0 aliphatic rings. The molecule has 2 rings (SSSR count). The second-order valence-electron chi connectivity index (χ2n) is 6.15. The van der Waals surface area contributed by atoms with E-state index in [1.54, 1.807) is 24.3 Å². The Labute approximate surface area is 169 Å². The van der Waals surface area contributed by atoms with Gasteiger partial charge in [-0.05, 0) is 44.2 Å². The minimum Gasteiger partial charge on any atom is -0.353 e. The molecule has 2 aromatic carbocycles. The summed E-state index contributed by atoms with van der Waals surface area (Å²) in [6.45, 7) is 3.68. The number of alkyl halides is 3. The maximum absolute atomic E-state index is 13.0. The number of anilines is 1. The van der Waals surface area contributed by atoms with Crippen molar-refractivity contribution in [3.05, 3.63) is 58.6 Å². The molecule has 0 unspecified atom stereocenters. The number of carbonyl (C=O) groups is 2. The fourth-order valence-electron chi connectivity index (χ4n) is 2.31. The van der Waals surface area contributed by atoms with Gasteiger partial charge in [0.05, 0.1) is 21.9 Å². The van der Waals surface area contributed by atoms with Crippen LogP contribution in [0.25, 0.3) is 0 Å². The summed E-state index contributed by atoms with van der Waals surface area (Å²) in [4.78, 5) is 24.9. The van der Waals surface area contributed by atoms with Crippen LogP contribution in [0.2, 0.25) is 5.02 Å². The molecule has 0 saturated heterocycles. The van der Waals surface area contributed by atoms with Gasteiger partial charge in [-0.1, -0.05) is 23.7 Å². The second kappa shape index (κ2) is 9.34. The summed E-state index contributed by atoms with van der Waals surface area (Å²) in [5.41, 5.74) is -0.799. The molecule has 0 heterocycles. The largest absolute Gasteiger partial charge is 0.417 e. The Balaban J connectivity index is 2.16. The molecule has 4 nitrogen and oxygen atoms in total. The van der Waals surface area contributed by atoms with E-state index in [1.807, 2.05) is 13.8 Å². The summed E-state index contributed by atoms with van der Waals surface area (Å²) in [5, 5.41) is 4.75. The van der Waals surface area contributed by atoms with E-state index < -0.39 is 22.7 Å². The van der Waals surface area contributed by atoms with Crippen LogP contribution in [0.3, 0.4) is 0 Å². The summed E-state index contributed by atoms with van der Waals surface area (Å²) in [5.74, 6) is -0.646. The average molecular weight is 431 g/mol. The zero-order valence-corrected chi connectivity index (χ0v) is 16.6. The molecule has 2 aromatic rings. The first-order valence-electron chi connectivity index (χ1n) is 8.27. The van der Waals surface area contributed by atoms with E-state index in [9.17, 15) is 22.8 Å². The Morgan fingerprint density at radius 1 is 1.14 bits per heavy atom. The summed E-state index contributed by atoms with van der Waals surface area (Å²) >= 11 is 6.76. The minimum atomic E-state index is -4.63. The molecule has 0 aliphatic carbocycles. The first kappa shape index (κ1) is 22.1. The number of benzene rings is 2. The van der Waals surface area contributed by atoms with Gasteiger partial charge in [-0.2, -0.15) is 13.2 Å². The van der Waals surface area contributed by atoms with Gasteiger partial charge in [0.25, 0.3) is 5.91 Å². The zero-order valence-electron chi connectivity index (χ0n) is 15.1. The summed E-state index contributed by atoms with van der Waals surface area (Å²) in [6, 6.07) is 9.72. The quantitative estimate of drug-likeness (QED) is 0.617. The topological polar surface area (TPSA) is 58.2 Å². The first-order valence-corrected chi connectivity index (χ1v) is 9.63. The maximum Gasteiger partial charge on any atom is 0.417 e. The standard InChI is InChI=1S/C19H18ClF3N2O2S/c1-11(2)24-17(26)10-28-16-6-4-3-5-13(16)18(27)25-12-7-8-15(20)14(9-12)19(21,22)23/h3-9,11H,10H2,1-2H3,(H,24,26)(H,25,27). The molecule has 0 atom stereocenters. The molecule has 0 aliphatic heterocycles. The van der Waals surface area contributed by atoms with Gasteiger partial charge >= 0.3 is 6.18 Å². The number of carbonyl (C=O) groups excluding carboxylic acids is 2. The Kier molecular flexibility index (Phi) is 7.37. The van der Waals surface area contributed by atoms with Crippen molar-refractivity contribution in [3.63, 3.8) is 0 Å². The highest BCUT2D eigenvalue weighted by Crippen LogP contribution is 2.36. The highest BCUT2D eigenvalue weighted by molar-refractivity contribution is 8.00. The van der Waals surface area contributed by atoms with Gasteiger partial charge < -0.3 is 10.6 Å². The van der Waals surface area contributed by atoms with Crippen LogP contribution in [0, 0.1) is 0 Å². The molecule has 0 spiro atoms. The molecule has 0 bridgehead atoms. The predicted octanol–water partition coefficient (Wildman–Crippen LogP) is 5.23. The van der Waals surface area contributed by atoms with Crippen LogP contribution in [-0.4, -0.2) is 23.6 Å². The minimum absolute atomic E-state index is 0.000578. The van der Waals surface area contributed by atoms with Crippen LogP contribution in [-0.2, 0) is 11.0 Å². The van der Waals surface area contributed by atoms with Gasteiger partial charge in [0.2, 0.25) is 5.91 Å². The van der Waals surface area contributed by atoms with Gasteiger partial charge in [0.1, 0.15) is 0 Å². The number of hydrogen-bond donors (Lipinski definition) is 2. The number of amides is 2. The molecule has 0 radical (unpaired) electrons. The lowest BCUT2D eigenvalue weighted by molar-refractivity contribution is -0.137. The summed E-state index contributed by atoms with van der Waals surface area (Å²) < 4.78 is 38.9. The lowest BCUT2D eigenvalue weighted by atomic mass is 10.1. The van der Waals surface area contributed by atoms with Gasteiger partial charge in [-0.15, -0.1) is 11.8 Å². The SMILES string of the molecule is CC(C)NC(=O)CSc1ccccc1C(=O)Nc1ccc(Cl)c(C(F)(F)F)c1. The number of rotatable bonds is 6. The summed E-state index contributed by atoms with van der Waals surface area (Å²) in [7, 11) is 0. The fraction of sp³-hybridized carbons (Fsp3) is 0.263.